The Labute approximate surface area is 84.7 Å². The Morgan fingerprint density at radius 1 is 1.62 bits per heavy atom. The van der Waals surface area contributed by atoms with E-state index in [1.165, 1.54) is 0 Å². The number of hydrogen-bond acceptors (Lipinski definition) is 4. The van der Waals surface area contributed by atoms with Crippen LogP contribution in [0.1, 0.15) is 26.7 Å². The summed E-state index contributed by atoms with van der Waals surface area (Å²) in [4.78, 5) is 9.41. The molecule has 1 aliphatic heterocycles. The van der Waals surface area contributed by atoms with Gasteiger partial charge in [0.2, 0.25) is 0 Å². The molecule has 1 heterocycles. The summed E-state index contributed by atoms with van der Waals surface area (Å²) in [6.07, 6.45) is 1.98. The molecule has 0 amide bonds. The first-order valence-corrected chi connectivity index (χ1v) is 4.89. The topological polar surface area (TPSA) is 24.8 Å². The fraction of sp³-hybridized carbons (Fsp3) is 0.889. The van der Waals surface area contributed by atoms with Gasteiger partial charge in [-0.05, 0) is 38.9 Å². The molecule has 13 heavy (non-hydrogen) atoms. The largest absolute Gasteiger partial charge is 0.302 e. The first-order chi connectivity index (χ1) is 6.10. The summed E-state index contributed by atoms with van der Waals surface area (Å²) in [7, 11) is 1.71. The highest BCUT2D eigenvalue weighted by molar-refractivity contribution is 7.78. The summed E-state index contributed by atoms with van der Waals surface area (Å²) in [5, 5.41) is 4.46. The van der Waals surface area contributed by atoms with E-state index in [1.807, 2.05) is 5.06 Å². The minimum Gasteiger partial charge on any atom is -0.302 e. The molecule has 3 nitrogen and oxygen atoms in total. The Hall–Kier alpha value is -0.280. The van der Waals surface area contributed by atoms with Gasteiger partial charge in [0.05, 0.1) is 18.3 Å². The zero-order valence-electron chi connectivity index (χ0n) is 8.41. The third-order valence-corrected chi connectivity index (χ3v) is 2.64. The summed E-state index contributed by atoms with van der Waals surface area (Å²) >= 11 is 4.60. The SMILES string of the molecule is CON1CCC(N=C=S)CC1(C)C. The standard InChI is InChI=1S/C9H16N2OS/c1-9(2)6-8(10-7-13)4-5-11(9)12-3/h8H,4-6H2,1-3H3. The molecule has 74 valence electrons. The Kier molecular flexibility index (Phi) is 3.56. The van der Waals surface area contributed by atoms with Gasteiger partial charge < -0.3 is 4.84 Å². The smallest absolute Gasteiger partial charge is 0.0634 e. The van der Waals surface area contributed by atoms with E-state index >= 15 is 0 Å². The minimum absolute atomic E-state index is 0.0490. The van der Waals surface area contributed by atoms with Gasteiger partial charge in [-0.1, -0.05) is 0 Å². The van der Waals surface area contributed by atoms with Crippen LogP contribution in [-0.4, -0.2) is 35.5 Å². The number of aliphatic imine (C=N–C) groups is 1. The van der Waals surface area contributed by atoms with Crippen LogP contribution in [0.5, 0.6) is 0 Å². The maximum Gasteiger partial charge on any atom is 0.0634 e. The molecule has 1 aliphatic rings. The number of hydroxylamine groups is 2. The van der Waals surface area contributed by atoms with E-state index in [9.17, 15) is 0 Å². The summed E-state index contributed by atoms with van der Waals surface area (Å²) in [5.41, 5.74) is 0.0490. The lowest BCUT2D eigenvalue weighted by Crippen LogP contribution is -2.50. The van der Waals surface area contributed by atoms with E-state index in [0.29, 0.717) is 6.04 Å². The van der Waals surface area contributed by atoms with Gasteiger partial charge in [0.25, 0.3) is 0 Å². The molecule has 4 heteroatoms. The van der Waals surface area contributed by atoms with E-state index < -0.39 is 0 Å². The second-order valence-corrected chi connectivity index (χ2v) is 4.15. The molecule has 0 aromatic rings. The molecule has 0 N–H and O–H groups in total. The number of isothiocyanates is 1. The van der Waals surface area contributed by atoms with Gasteiger partial charge in [-0.3, -0.25) is 0 Å². The van der Waals surface area contributed by atoms with Crippen molar-refractivity contribution in [3.8, 4) is 0 Å². The summed E-state index contributed by atoms with van der Waals surface area (Å²) in [5.74, 6) is 0. The van der Waals surface area contributed by atoms with E-state index in [4.69, 9.17) is 4.84 Å². The summed E-state index contributed by atoms with van der Waals surface area (Å²) < 4.78 is 0. The first-order valence-electron chi connectivity index (χ1n) is 4.49. The average molecular weight is 200 g/mol. The number of piperidine rings is 1. The lowest BCUT2D eigenvalue weighted by Gasteiger charge is -2.42. The number of thiocarbonyl (C=S) groups is 1. The van der Waals surface area contributed by atoms with Crippen molar-refractivity contribution < 1.29 is 4.84 Å². The van der Waals surface area contributed by atoms with Crippen LogP contribution in [0.15, 0.2) is 4.99 Å². The molecule has 0 spiro atoms. The van der Waals surface area contributed by atoms with Crippen LogP contribution in [0.3, 0.4) is 0 Å². The zero-order valence-corrected chi connectivity index (χ0v) is 9.23. The maximum atomic E-state index is 5.28. The number of rotatable bonds is 2. The van der Waals surface area contributed by atoms with Gasteiger partial charge in [-0.15, -0.1) is 0 Å². The molecule has 0 radical (unpaired) electrons. The van der Waals surface area contributed by atoms with Crippen LogP contribution in [-0.2, 0) is 4.84 Å². The number of nitrogens with zero attached hydrogens (tertiary/aromatic N) is 2. The van der Waals surface area contributed by atoms with Crippen LogP contribution in [0, 0.1) is 0 Å². The average Bonchev–Trinajstić information content (AvgIpc) is 2.03. The summed E-state index contributed by atoms with van der Waals surface area (Å²) in [6, 6.07) is 0.318. The third-order valence-electron chi connectivity index (χ3n) is 2.53. The molecule has 0 saturated carbocycles. The highest BCUT2D eigenvalue weighted by Crippen LogP contribution is 2.28. The van der Waals surface area contributed by atoms with Crippen LogP contribution in [0.4, 0.5) is 0 Å². The Morgan fingerprint density at radius 2 is 2.31 bits per heavy atom. The monoisotopic (exact) mass is 200 g/mol. The van der Waals surface area contributed by atoms with Crippen molar-refractivity contribution in [3.05, 3.63) is 0 Å². The minimum atomic E-state index is 0.0490. The van der Waals surface area contributed by atoms with Crippen molar-refractivity contribution in [3.63, 3.8) is 0 Å². The Bertz CT molecular complexity index is 224. The first kappa shape index (κ1) is 10.8. The van der Waals surface area contributed by atoms with Crippen molar-refractivity contribution in [1.29, 1.82) is 0 Å². The number of hydrogen-bond donors (Lipinski definition) is 0. The third kappa shape index (κ3) is 2.58. The lowest BCUT2D eigenvalue weighted by molar-refractivity contribution is -0.207. The fourth-order valence-corrected chi connectivity index (χ4v) is 2.02. The molecule has 0 aromatic heterocycles. The highest BCUT2D eigenvalue weighted by Gasteiger charge is 2.34. The van der Waals surface area contributed by atoms with Crippen molar-refractivity contribution in [1.82, 2.24) is 5.06 Å². The Balaban J connectivity index is 2.63. The second kappa shape index (κ2) is 4.29. The van der Waals surface area contributed by atoms with Gasteiger partial charge >= 0.3 is 0 Å². The van der Waals surface area contributed by atoms with Crippen LogP contribution in [0.2, 0.25) is 0 Å². The van der Waals surface area contributed by atoms with Gasteiger partial charge in [-0.25, -0.2) is 4.99 Å². The maximum absolute atomic E-state index is 5.28. The van der Waals surface area contributed by atoms with Crippen LogP contribution >= 0.6 is 12.2 Å². The van der Waals surface area contributed by atoms with Gasteiger partial charge in [-0.2, -0.15) is 5.06 Å². The van der Waals surface area contributed by atoms with Gasteiger partial charge in [0, 0.05) is 12.1 Å². The van der Waals surface area contributed by atoms with Crippen molar-refractivity contribution in [2.24, 2.45) is 4.99 Å². The molecule has 1 unspecified atom stereocenters. The molecule has 1 saturated heterocycles. The highest BCUT2D eigenvalue weighted by atomic mass is 32.1. The van der Waals surface area contributed by atoms with Crippen molar-refractivity contribution in [2.45, 2.75) is 38.3 Å². The molecule has 0 aliphatic carbocycles. The van der Waals surface area contributed by atoms with E-state index in [0.717, 1.165) is 19.4 Å². The Morgan fingerprint density at radius 3 is 2.77 bits per heavy atom. The van der Waals surface area contributed by atoms with E-state index in [-0.39, 0.29) is 5.54 Å². The lowest BCUT2D eigenvalue weighted by atomic mass is 9.89. The molecular weight excluding hydrogens is 184 g/mol. The molecule has 1 rings (SSSR count). The van der Waals surface area contributed by atoms with E-state index in [1.54, 1.807) is 7.11 Å². The fourth-order valence-electron chi connectivity index (χ4n) is 1.87. The van der Waals surface area contributed by atoms with Crippen molar-refractivity contribution in [2.75, 3.05) is 13.7 Å². The van der Waals surface area contributed by atoms with Gasteiger partial charge in [0.15, 0.2) is 0 Å². The van der Waals surface area contributed by atoms with Gasteiger partial charge in [0.1, 0.15) is 0 Å². The quantitative estimate of drug-likeness (QED) is 0.502. The molecule has 1 atom stereocenters. The van der Waals surface area contributed by atoms with Crippen LogP contribution < -0.4 is 0 Å². The predicted octanol–water partition coefficient (Wildman–Crippen LogP) is 1.89. The molecule has 0 aromatic carbocycles. The molecule has 1 fully saturated rings. The van der Waals surface area contributed by atoms with E-state index in [2.05, 4.69) is 36.2 Å². The molecular formula is C9H16N2OS. The van der Waals surface area contributed by atoms with Crippen LogP contribution in [0.25, 0.3) is 0 Å². The summed E-state index contributed by atoms with van der Waals surface area (Å²) in [6.45, 7) is 5.22. The van der Waals surface area contributed by atoms with Crippen molar-refractivity contribution >= 4 is 17.4 Å². The normalized spacial score (nSPS) is 28.1. The zero-order chi connectivity index (χ0) is 9.90. The predicted molar refractivity (Wildman–Crippen MR) is 55.8 cm³/mol. The second-order valence-electron chi connectivity index (χ2n) is 3.96. The molecule has 0 bridgehead atoms.